The molecular weight excluding hydrogens is 233 g/mol. The van der Waals surface area contributed by atoms with Gasteiger partial charge in [0.25, 0.3) is 0 Å². The van der Waals surface area contributed by atoms with Gasteiger partial charge in [-0.15, -0.1) is 0 Å². The quantitative estimate of drug-likeness (QED) is 0.902. The molecule has 4 nitrogen and oxygen atoms in total. The maximum atomic E-state index is 13.7. The number of aryl methyl sites for hydroxylation is 1. The Morgan fingerprint density at radius 1 is 1.39 bits per heavy atom. The second kappa shape index (κ2) is 5.44. The number of nitrogens with one attached hydrogen (secondary N) is 1. The summed E-state index contributed by atoms with van der Waals surface area (Å²) in [4.78, 5) is 7.89. The normalized spacial score (nSPS) is 10.2. The lowest BCUT2D eigenvalue weighted by atomic mass is 10.2. The average Bonchev–Trinajstić information content (AvgIpc) is 2.39. The summed E-state index contributed by atoms with van der Waals surface area (Å²) in [6, 6.07) is 4.87. The molecule has 0 fully saturated rings. The van der Waals surface area contributed by atoms with Crippen LogP contribution in [0, 0.1) is 12.7 Å². The molecule has 0 aliphatic rings. The minimum absolute atomic E-state index is 0.136. The van der Waals surface area contributed by atoms with Crippen molar-refractivity contribution < 1.29 is 9.13 Å². The summed E-state index contributed by atoms with van der Waals surface area (Å²) in [5, 5.41) is 2.94. The van der Waals surface area contributed by atoms with E-state index in [4.69, 9.17) is 4.74 Å². The molecule has 1 aromatic carbocycles. The van der Waals surface area contributed by atoms with Crippen LogP contribution in [0.1, 0.15) is 11.3 Å². The Morgan fingerprint density at radius 2 is 2.22 bits per heavy atom. The van der Waals surface area contributed by atoms with E-state index < -0.39 is 0 Å². The molecule has 18 heavy (non-hydrogen) atoms. The van der Waals surface area contributed by atoms with Gasteiger partial charge >= 0.3 is 0 Å². The maximum Gasteiger partial charge on any atom is 0.159 e. The summed E-state index contributed by atoms with van der Waals surface area (Å²) in [6.07, 6.45) is 3.02. The SMILES string of the molecule is CNc1cccc(F)c1COc1cncnc1C. The van der Waals surface area contributed by atoms with E-state index in [1.807, 2.05) is 6.92 Å². The fourth-order valence-electron chi connectivity index (χ4n) is 1.61. The van der Waals surface area contributed by atoms with Crippen molar-refractivity contribution >= 4 is 5.69 Å². The Bertz CT molecular complexity index is 546. The molecule has 0 radical (unpaired) electrons. The number of anilines is 1. The van der Waals surface area contributed by atoms with Gasteiger partial charge in [0.05, 0.1) is 11.9 Å². The van der Waals surface area contributed by atoms with Crippen LogP contribution in [0.4, 0.5) is 10.1 Å². The smallest absolute Gasteiger partial charge is 0.159 e. The number of benzene rings is 1. The van der Waals surface area contributed by atoms with E-state index in [2.05, 4.69) is 15.3 Å². The second-order valence-electron chi connectivity index (χ2n) is 3.78. The summed E-state index contributed by atoms with van der Waals surface area (Å²) >= 11 is 0. The zero-order valence-corrected chi connectivity index (χ0v) is 10.3. The van der Waals surface area contributed by atoms with Crippen LogP contribution >= 0.6 is 0 Å². The first-order valence-electron chi connectivity index (χ1n) is 5.57. The van der Waals surface area contributed by atoms with Crippen molar-refractivity contribution in [1.29, 1.82) is 0 Å². The van der Waals surface area contributed by atoms with Crippen molar-refractivity contribution in [3.8, 4) is 5.75 Å². The van der Waals surface area contributed by atoms with E-state index in [1.54, 1.807) is 25.4 Å². The number of aromatic nitrogens is 2. The lowest BCUT2D eigenvalue weighted by molar-refractivity contribution is 0.295. The van der Waals surface area contributed by atoms with Gasteiger partial charge in [0.2, 0.25) is 0 Å². The molecule has 1 aromatic heterocycles. The highest BCUT2D eigenvalue weighted by Gasteiger charge is 2.09. The van der Waals surface area contributed by atoms with Crippen molar-refractivity contribution in [2.75, 3.05) is 12.4 Å². The molecule has 0 aliphatic carbocycles. The number of ether oxygens (including phenoxy) is 1. The molecule has 0 unspecified atom stereocenters. The van der Waals surface area contributed by atoms with Crippen LogP contribution in [-0.2, 0) is 6.61 Å². The van der Waals surface area contributed by atoms with Gasteiger partial charge in [0.15, 0.2) is 5.75 Å². The van der Waals surface area contributed by atoms with Gasteiger partial charge in [0, 0.05) is 18.3 Å². The number of nitrogens with zero attached hydrogens (tertiary/aromatic N) is 2. The Labute approximate surface area is 105 Å². The third kappa shape index (κ3) is 2.56. The molecule has 0 aliphatic heterocycles. The first kappa shape index (κ1) is 12.3. The lowest BCUT2D eigenvalue weighted by Crippen LogP contribution is -2.04. The van der Waals surface area contributed by atoms with E-state index in [-0.39, 0.29) is 12.4 Å². The summed E-state index contributed by atoms with van der Waals surface area (Å²) in [6.45, 7) is 1.95. The molecule has 2 rings (SSSR count). The van der Waals surface area contributed by atoms with Crippen LogP contribution in [-0.4, -0.2) is 17.0 Å². The molecular formula is C13H14FN3O. The molecule has 94 valence electrons. The zero-order chi connectivity index (χ0) is 13.0. The van der Waals surface area contributed by atoms with Gasteiger partial charge in [-0.3, -0.25) is 0 Å². The van der Waals surface area contributed by atoms with Crippen LogP contribution in [0.25, 0.3) is 0 Å². The van der Waals surface area contributed by atoms with Gasteiger partial charge in [-0.05, 0) is 19.1 Å². The Morgan fingerprint density at radius 3 is 2.94 bits per heavy atom. The van der Waals surface area contributed by atoms with Gasteiger partial charge in [-0.25, -0.2) is 14.4 Å². The van der Waals surface area contributed by atoms with Crippen LogP contribution in [0.5, 0.6) is 5.75 Å². The summed E-state index contributed by atoms with van der Waals surface area (Å²) in [7, 11) is 1.75. The number of rotatable bonds is 4. The summed E-state index contributed by atoms with van der Waals surface area (Å²) < 4.78 is 19.2. The Balaban J connectivity index is 2.18. The van der Waals surface area contributed by atoms with Crippen LogP contribution in [0.2, 0.25) is 0 Å². The molecule has 0 amide bonds. The van der Waals surface area contributed by atoms with E-state index in [1.165, 1.54) is 12.4 Å². The van der Waals surface area contributed by atoms with Gasteiger partial charge in [0.1, 0.15) is 18.8 Å². The maximum absolute atomic E-state index is 13.7. The molecule has 0 atom stereocenters. The van der Waals surface area contributed by atoms with Crippen molar-refractivity contribution in [3.05, 3.63) is 47.8 Å². The largest absolute Gasteiger partial charge is 0.485 e. The number of hydrogen-bond donors (Lipinski definition) is 1. The molecule has 0 saturated heterocycles. The predicted molar refractivity (Wildman–Crippen MR) is 67.0 cm³/mol. The van der Waals surface area contributed by atoms with Crippen LogP contribution in [0.15, 0.2) is 30.7 Å². The van der Waals surface area contributed by atoms with E-state index in [0.717, 1.165) is 5.69 Å². The molecule has 2 aromatic rings. The summed E-state index contributed by atoms with van der Waals surface area (Å²) in [5.74, 6) is 0.263. The minimum atomic E-state index is -0.295. The fraction of sp³-hybridized carbons (Fsp3) is 0.231. The van der Waals surface area contributed by atoms with Crippen molar-refractivity contribution in [1.82, 2.24) is 9.97 Å². The van der Waals surface area contributed by atoms with Gasteiger partial charge in [-0.1, -0.05) is 6.07 Å². The van der Waals surface area contributed by atoms with E-state index in [9.17, 15) is 4.39 Å². The first-order chi connectivity index (χ1) is 8.72. The Hall–Kier alpha value is -2.17. The standard InChI is InChI=1S/C13H14FN3O/c1-9-13(6-16-8-17-9)18-7-10-11(14)4-3-5-12(10)15-2/h3-6,8,15H,7H2,1-2H3. The first-order valence-corrected chi connectivity index (χ1v) is 5.57. The zero-order valence-electron chi connectivity index (χ0n) is 10.3. The summed E-state index contributed by atoms with van der Waals surface area (Å²) in [5.41, 5.74) is 1.93. The van der Waals surface area contributed by atoms with Crippen LogP contribution in [0.3, 0.4) is 0 Å². The van der Waals surface area contributed by atoms with Crippen LogP contribution < -0.4 is 10.1 Å². The lowest BCUT2D eigenvalue weighted by Gasteiger charge is -2.12. The molecule has 5 heteroatoms. The molecule has 0 saturated carbocycles. The third-order valence-corrected chi connectivity index (χ3v) is 2.63. The molecule has 0 spiro atoms. The van der Waals surface area contributed by atoms with Crippen molar-refractivity contribution in [3.63, 3.8) is 0 Å². The van der Waals surface area contributed by atoms with E-state index in [0.29, 0.717) is 17.0 Å². The molecule has 1 N–H and O–H groups in total. The second-order valence-corrected chi connectivity index (χ2v) is 3.78. The van der Waals surface area contributed by atoms with Crippen molar-refractivity contribution in [2.24, 2.45) is 0 Å². The highest BCUT2D eigenvalue weighted by molar-refractivity contribution is 5.51. The molecule has 1 heterocycles. The monoisotopic (exact) mass is 247 g/mol. The van der Waals surface area contributed by atoms with Gasteiger partial charge < -0.3 is 10.1 Å². The number of hydrogen-bond acceptors (Lipinski definition) is 4. The van der Waals surface area contributed by atoms with Crippen molar-refractivity contribution in [2.45, 2.75) is 13.5 Å². The highest BCUT2D eigenvalue weighted by Crippen LogP contribution is 2.21. The highest BCUT2D eigenvalue weighted by atomic mass is 19.1. The number of halogens is 1. The Kier molecular flexibility index (Phi) is 3.72. The molecule has 0 bridgehead atoms. The average molecular weight is 247 g/mol. The third-order valence-electron chi connectivity index (χ3n) is 2.63. The van der Waals surface area contributed by atoms with Gasteiger partial charge in [-0.2, -0.15) is 0 Å². The topological polar surface area (TPSA) is 47.0 Å². The van der Waals surface area contributed by atoms with E-state index >= 15 is 0 Å². The predicted octanol–water partition coefficient (Wildman–Crippen LogP) is 2.54. The minimum Gasteiger partial charge on any atom is -0.485 e. The fourth-order valence-corrected chi connectivity index (χ4v) is 1.61.